The Morgan fingerprint density at radius 2 is 1.54 bits per heavy atom. The van der Waals surface area contributed by atoms with E-state index in [0.29, 0.717) is 24.4 Å². The first-order valence-electron chi connectivity index (χ1n) is 8.56. The fourth-order valence-electron chi connectivity index (χ4n) is 3.14. The van der Waals surface area contributed by atoms with Gasteiger partial charge in [-0.2, -0.15) is 0 Å². The Morgan fingerprint density at radius 3 is 2.19 bits per heavy atom. The summed E-state index contributed by atoms with van der Waals surface area (Å²) < 4.78 is 16.0. The fraction of sp³-hybridized carbons (Fsp3) is 0.350. The number of anilines is 1. The summed E-state index contributed by atoms with van der Waals surface area (Å²) >= 11 is 0. The van der Waals surface area contributed by atoms with Crippen LogP contribution >= 0.6 is 0 Å². The van der Waals surface area contributed by atoms with E-state index in [1.165, 1.54) is 0 Å². The van der Waals surface area contributed by atoms with Gasteiger partial charge >= 0.3 is 0 Å². The van der Waals surface area contributed by atoms with Gasteiger partial charge in [0.2, 0.25) is 0 Å². The van der Waals surface area contributed by atoms with Crippen LogP contribution in [0.3, 0.4) is 0 Å². The summed E-state index contributed by atoms with van der Waals surface area (Å²) in [4.78, 5) is 16.8. The van der Waals surface area contributed by atoms with Crippen molar-refractivity contribution in [1.29, 1.82) is 0 Å². The molecule has 2 aromatic rings. The molecule has 0 bridgehead atoms. The second kappa shape index (κ2) is 7.99. The molecule has 2 aromatic carbocycles. The first kappa shape index (κ1) is 17.9. The molecule has 1 fully saturated rings. The highest BCUT2D eigenvalue weighted by Gasteiger charge is 2.24. The topological polar surface area (TPSA) is 51.2 Å². The Kier molecular flexibility index (Phi) is 5.51. The minimum absolute atomic E-state index is 0.0326. The SMILES string of the molecule is COc1cccc(C(=O)N2CCN(c3ccc(OC)cc3OC)CC2)c1. The van der Waals surface area contributed by atoms with Crippen LogP contribution in [0.15, 0.2) is 42.5 Å². The van der Waals surface area contributed by atoms with E-state index >= 15 is 0 Å². The van der Waals surface area contributed by atoms with Crippen molar-refractivity contribution in [1.82, 2.24) is 4.90 Å². The lowest BCUT2D eigenvalue weighted by molar-refractivity contribution is 0.0746. The van der Waals surface area contributed by atoms with Crippen molar-refractivity contribution in [3.05, 3.63) is 48.0 Å². The van der Waals surface area contributed by atoms with E-state index in [1.807, 2.05) is 41.3 Å². The van der Waals surface area contributed by atoms with Crippen LogP contribution in [0.25, 0.3) is 0 Å². The summed E-state index contributed by atoms with van der Waals surface area (Å²) in [6.45, 7) is 2.81. The van der Waals surface area contributed by atoms with Gasteiger partial charge in [-0.15, -0.1) is 0 Å². The third kappa shape index (κ3) is 3.69. The first-order valence-corrected chi connectivity index (χ1v) is 8.56. The Labute approximate surface area is 153 Å². The molecule has 1 heterocycles. The van der Waals surface area contributed by atoms with Crippen LogP contribution in [-0.4, -0.2) is 58.3 Å². The van der Waals surface area contributed by atoms with Crippen molar-refractivity contribution < 1.29 is 19.0 Å². The van der Waals surface area contributed by atoms with Gasteiger partial charge in [-0.05, 0) is 30.3 Å². The summed E-state index contributed by atoms with van der Waals surface area (Å²) in [6, 6.07) is 13.1. The summed E-state index contributed by atoms with van der Waals surface area (Å²) in [5.74, 6) is 2.26. The van der Waals surface area contributed by atoms with Crippen LogP contribution < -0.4 is 19.1 Å². The van der Waals surface area contributed by atoms with Crippen LogP contribution in [0.4, 0.5) is 5.69 Å². The van der Waals surface area contributed by atoms with Crippen LogP contribution in [0.2, 0.25) is 0 Å². The number of rotatable bonds is 5. The number of piperazine rings is 1. The van der Waals surface area contributed by atoms with Gasteiger partial charge in [0.1, 0.15) is 17.2 Å². The van der Waals surface area contributed by atoms with Crippen LogP contribution in [0.1, 0.15) is 10.4 Å². The number of methoxy groups -OCH3 is 3. The van der Waals surface area contributed by atoms with Gasteiger partial charge in [0.15, 0.2) is 0 Å². The molecule has 0 unspecified atom stereocenters. The minimum Gasteiger partial charge on any atom is -0.497 e. The van der Waals surface area contributed by atoms with Crippen molar-refractivity contribution in [2.45, 2.75) is 0 Å². The summed E-state index contributed by atoms with van der Waals surface area (Å²) in [7, 11) is 4.89. The summed E-state index contributed by atoms with van der Waals surface area (Å²) in [6.07, 6.45) is 0. The van der Waals surface area contributed by atoms with Gasteiger partial charge in [0.25, 0.3) is 5.91 Å². The maximum atomic E-state index is 12.7. The van der Waals surface area contributed by atoms with Crippen LogP contribution in [-0.2, 0) is 0 Å². The summed E-state index contributed by atoms with van der Waals surface area (Å²) in [5, 5.41) is 0. The molecule has 1 saturated heterocycles. The zero-order valence-corrected chi connectivity index (χ0v) is 15.4. The quantitative estimate of drug-likeness (QED) is 0.824. The standard InChI is InChI=1S/C20H24N2O4/c1-24-16-6-4-5-15(13-16)20(23)22-11-9-21(10-12-22)18-8-7-17(25-2)14-19(18)26-3/h4-8,13-14H,9-12H2,1-3H3. The normalized spacial score (nSPS) is 14.1. The summed E-state index contributed by atoms with van der Waals surface area (Å²) in [5.41, 5.74) is 1.67. The predicted molar refractivity (Wildman–Crippen MR) is 101 cm³/mol. The highest BCUT2D eigenvalue weighted by molar-refractivity contribution is 5.94. The fourth-order valence-corrected chi connectivity index (χ4v) is 3.14. The van der Waals surface area contributed by atoms with Gasteiger partial charge in [-0.3, -0.25) is 4.79 Å². The van der Waals surface area contributed by atoms with Gasteiger partial charge in [0.05, 0.1) is 27.0 Å². The molecular weight excluding hydrogens is 332 g/mol. The van der Waals surface area contributed by atoms with Gasteiger partial charge in [-0.1, -0.05) is 6.07 Å². The van der Waals surface area contributed by atoms with Crippen molar-refractivity contribution in [2.75, 3.05) is 52.4 Å². The lowest BCUT2D eigenvalue weighted by Gasteiger charge is -2.36. The third-order valence-corrected chi connectivity index (χ3v) is 4.61. The van der Waals surface area contributed by atoms with E-state index in [-0.39, 0.29) is 5.91 Å². The molecule has 1 amide bonds. The second-order valence-corrected chi connectivity index (χ2v) is 6.05. The van der Waals surface area contributed by atoms with E-state index in [9.17, 15) is 4.79 Å². The average molecular weight is 356 g/mol. The maximum absolute atomic E-state index is 12.7. The van der Waals surface area contributed by atoms with Crippen molar-refractivity contribution >= 4 is 11.6 Å². The molecule has 0 saturated carbocycles. The molecule has 0 N–H and O–H groups in total. The van der Waals surface area contributed by atoms with E-state index in [4.69, 9.17) is 14.2 Å². The Balaban J connectivity index is 1.68. The smallest absolute Gasteiger partial charge is 0.254 e. The Hall–Kier alpha value is -2.89. The van der Waals surface area contributed by atoms with E-state index in [1.54, 1.807) is 27.4 Å². The Bertz CT molecular complexity index is 770. The number of hydrogen-bond donors (Lipinski definition) is 0. The van der Waals surface area contributed by atoms with E-state index in [2.05, 4.69) is 4.90 Å². The molecule has 6 heteroatoms. The average Bonchev–Trinajstić information content (AvgIpc) is 2.72. The van der Waals surface area contributed by atoms with Gasteiger partial charge in [-0.25, -0.2) is 0 Å². The predicted octanol–water partition coefficient (Wildman–Crippen LogP) is 2.67. The van der Waals surface area contributed by atoms with Crippen molar-refractivity contribution in [2.24, 2.45) is 0 Å². The van der Waals surface area contributed by atoms with E-state index in [0.717, 1.165) is 30.3 Å². The number of amides is 1. The molecule has 0 aromatic heterocycles. The molecule has 0 atom stereocenters. The van der Waals surface area contributed by atoms with Crippen molar-refractivity contribution in [3.63, 3.8) is 0 Å². The van der Waals surface area contributed by atoms with Gasteiger partial charge < -0.3 is 24.0 Å². The Morgan fingerprint density at radius 1 is 0.846 bits per heavy atom. The number of benzene rings is 2. The number of carbonyl (C=O) groups is 1. The zero-order chi connectivity index (χ0) is 18.5. The molecule has 1 aliphatic heterocycles. The lowest BCUT2D eigenvalue weighted by Crippen LogP contribution is -2.48. The highest BCUT2D eigenvalue weighted by Crippen LogP contribution is 2.32. The molecule has 0 spiro atoms. The molecule has 26 heavy (non-hydrogen) atoms. The number of nitrogens with zero attached hydrogens (tertiary/aromatic N) is 2. The second-order valence-electron chi connectivity index (χ2n) is 6.05. The molecule has 0 aliphatic carbocycles. The maximum Gasteiger partial charge on any atom is 0.254 e. The lowest BCUT2D eigenvalue weighted by atomic mass is 10.1. The van der Waals surface area contributed by atoms with Crippen molar-refractivity contribution in [3.8, 4) is 17.2 Å². The van der Waals surface area contributed by atoms with Gasteiger partial charge in [0, 0.05) is 37.8 Å². The van der Waals surface area contributed by atoms with Crippen LogP contribution in [0, 0.1) is 0 Å². The molecule has 0 radical (unpaired) electrons. The molecule has 1 aliphatic rings. The number of hydrogen-bond acceptors (Lipinski definition) is 5. The third-order valence-electron chi connectivity index (χ3n) is 4.61. The molecule has 138 valence electrons. The molecule has 3 rings (SSSR count). The van der Waals surface area contributed by atoms with E-state index < -0.39 is 0 Å². The highest BCUT2D eigenvalue weighted by atomic mass is 16.5. The monoisotopic (exact) mass is 356 g/mol. The first-order chi connectivity index (χ1) is 12.7. The largest absolute Gasteiger partial charge is 0.497 e. The molecule has 6 nitrogen and oxygen atoms in total. The van der Waals surface area contributed by atoms with Crippen LogP contribution in [0.5, 0.6) is 17.2 Å². The number of ether oxygens (including phenoxy) is 3. The number of carbonyl (C=O) groups excluding carboxylic acids is 1. The zero-order valence-electron chi connectivity index (χ0n) is 15.4. The minimum atomic E-state index is 0.0326. The molecular formula is C20H24N2O4.